The van der Waals surface area contributed by atoms with Crippen LogP contribution in [0.1, 0.15) is 45.1 Å². The van der Waals surface area contributed by atoms with E-state index >= 15 is 0 Å². The molecule has 1 N–H and O–H groups in total. The highest BCUT2D eigenvalue weighted by Crippen LogP contribution is 2.23. The molecule has 0 spiro atoms. The van der Waals surface area contributed by atoms with Crippen LogP contribution in [0.5, 0.6) is 0 Å². The molecule has 1 unspecified atom stereocenters. The molecular weight excluding hydrogens is 284 g/mol. The van der Waals surface area contributed by atoms with Gasteiger partial charge in [0.2, 0.25) is 10.0 Å². The number of nitrogens with one attached hydrogen (secondary N) is 1. The van der Waals surface area contributed by atoms with Crippen molar-refractivity contribution in [3.05, 3.63) is 29.8 Å². The van der Waals surface area contributed by atoms with Crippen LogP contribution < -0.4 is 5.32 Å². The van der Waals surface area contributed by atoms with Gasteiger partial charge >= 0.3 is 0 Å². The molecule has 0 bridgehead atoms. The fourth-order valence-electron chi connectivity index (χ4n) is 2.76. The maximum absolute atomic E-state index is 12.9. The van der Waals surface area contributed by atoms with Gasteiger partial charge < -0.3 is 5.32 Å². The van der Waals surface area contributed by atoms with E-state index in [2.05, 4.69) is 19.2 Å². The summed E-state index contributed by atoms with van der Waals surface area (Å²) >= 11 is 0. The van der Waals surface area contributed by atoms with Gasteiger partial charge in [-0.1, -0.05) is 32.9 Å². The Labute approximate surface area is 128 Å². The third kappa shape index (κ3) is 3.65. The van der Waals surface area contributed by atoms with E-state index < -0.39 is 10.0 Å². The van der Waals surface area contributed by atoms with Crippen molar-refractivity contribution in [3.63, 3.8) is 0 Å². The number of nitrogens with zero attached hydrogens (tertiary/aromatic N) is 1. The van der Waals surface area contributed by atoms with E-state index in [1.165, 1.54) is 5.56 Å². The van der Waals surface area contributed by atoms with Gasteiger partial charge in [-0.15, -0.1) is 0 Å². The van der Waals surface area contributed by atoms with Gasteiger partial charge in [-0.05, 0) is 43.0 Å². The van der Waals surface area contributed by atoms with Crippen LogP contribution in [0, 0.1) is 0 Å². The van der Waals surface area contributed by atoms with Crippen LogP contribution in [-0.2, 0) is 10.0 Å². The van der Waals surface area contributed by atoms with Crippen molar-refractivity contribution >= 4 is 10.0 Å². The highest BCUT2D eigenvalue weighted by atomic mass is 32.2. The van der Waals surface area contributed by atoms with E-state index in [-0.39, 0.29) is 6.04 Å². The maximum Gasteiger partial charge on any atom is 0.243 e. The molecular formula is C16H26N2O2S. The van der Waals surface area contributed by atoms with E-state index in [1.54, 1.807) is 16.4 Å². The minimum Gasteiger partial charge on any atom is -0.315 e. The van der Waals surface area contributed by atoms with Crippen LogP contribution in [-0.4, -0.2) is 38.4 Å². The summed E-state index contributed by atoms with van der Waals surface area (Å²) in [6.45, 7) is 8.47. The number of rotatable bonds is 6. The number of sulfonamides is 1. The predicted molar refractivity (Wildman–Crippen MR) is 86.0 cm³/mol. The molecule has 1 aliphatic rings. The van der Waals surface area contributed by atoms with Crippen LogP contribution in [0.25, 0.3) is 0 Å². The summed E-state index contributed by atoms with van der Waals surface area (Å²) in [5.74, 6) is 0.410. The Balaban J connectivity index is 2.28. The first-order chi connectivity index (χ1) is 9.96. The second-order valence-corrected chi connectivity index (χ2v) is 7.88. The minimum atomic E-state index is -3.40. The molecule has 1 saturated heterocycles. The zero-order chi connectivity index (χ0) is 15.5. The van der Waals surface area contributed by atoms with E-state index in [0.29, 0.717) is 17.4 Å². The summed E-state index contributed by atoms with van der Waals surface area (Å²) in [7, 11) is -3.40. The normalized spacial score (nSPS) is 19.6. The summed E-state index contributed by atoms with van der Waals surface area (Å²) in [5, 5.41) is 3.25. The van der Waals surface area contributed by atoms with Gasteiger partial charge in [0.1, 0.15) is 0 Å². The molecule has 0 amide bonds. The average molecular weight is 310 g/mol. The first-order valence-corrected chi connectivity index (χ1v) is 9.23. The summed E-state index contributed by atoms with van der Waals surface area (Å²) < 4.78 is 27.5. The van der Waals surface area contributed by atoms with Crippen molar-refractivity contribution in [2.24, 2.45) is 0 Å². The van der Waals surface area contributed by atoms with Crippen molar-refractivity contribution < 1.29 is 8.42 Å². The van der Waals surface area contributed by atoms with Crippen molar-refractivity contribution in [3.8, 4) is 0 Å². The van der Waals surface area contributed by atoms with Crippen molar-refractivity contribution in [1.29, 1.82) is 0 Å². The summed E-state index contributed by atoms with van der Waals surface area (Å²) in [5.41, 5.74) is 1.17. The molecule has 1 atom stereocenters. The standard InChI is InChI=1S/C16H26N2O2S/c1-4-11-18(15-9-10-17-12-15)21(19,20)16-7-5-14(6-8-16)13(2)3/h5-8,13,15,17H,4,9-12H2,1-3H3. The van der Waals surface area contributed by atoms with Crippen LogP contribution in [0.2, 0.25) is 0 Å². The highest BCUT2D eigenvalue weighted by molar-refractivity contribution is 7.89. The molecule has 1 heterocycles. The van der Waals surface area contributed by atoms with Crippen molar-refractivity contribution in [1.82, 2.24) is 9.62 Å². The third-order valence-electron chi connectivity index (χ3n) is 4.04. The van der Waals surface area contributed by atoms with E-state index in [9.17, 15) is 8.42 Å². The lowest BCUT2D eigenvalue weighted by Gasteiger charge is -2.27. The second kappa shape index (κ2) is 6.90. The zero-order valence-electron chi connectivity index (χ0n) is 13.2. The van der Waals surface area contributed by atoms with Crippen LogP contribution in [0.15, 0.2) is 29.2 Å². The monoisotopic (exact) mass is 310 g/mol. The molecule has 1 aromatic carbocycles. The lowest BCUT2D eigenvalue weighted by Crippen LogP contribution is -2.41. The molecule has 2 rings (SSSR count). The summed E-state index contributed by atoms with van der Waals surface area (Å²) in [6, 6.07) is 7.42. The molecule has 1 fully saturated rings. The number of hydrogen-bond acceptors (Lipinski definition) is 3. The quantitative estimate of drug-likeness (QED) is 0.878. The van der Waals surface area contributed by atoms with Gasteiger partial charge in [0.05, 0.1) is 4.90 Å². The average Bonchev–Trinajstić information content (AvgIpc) is 2.98. The van der Waals surface area contributed by atoms with Crippen LogP contribution in [0.3, 0.4) is 0 Å². The molecule has 0 radical (unpaired) electrons. The summed E-state index contributed by atoms with van der Waals surface area (Å²) in [6.07, 6.45) is 1.73. The predicted octanol–water partition coefficient (Wildman–Crippen LogP) is 2.57. The maximum atomic E-state index is 12.9. The molecule has 1 aliphatic heterocycles. The van der Waals surface area contributed by atoms with Gasteiger partial charge in [-0.25, -0.2) is 8.42 Å². The Morgan fingerprint density at radius 3 is 2.43 bits per heavy atom. The lowest BCUT2D eigenvalue weighted by atomic mass is 10.0. The van der Waals surface area contributed by atoms with E-state index in [0.717, 1.165) is 25.9 Å². The van der Waals surface area contributed by atoms with Gasteiger partial charge in [-0.2, -0.15) is 4.31 Å². The zero-order valence-corrected chi connectivity index (χ0v) is 14.0. The molecule has 1 aromatic rings. The molecule has 0 aliphatic carbocycles. The lowest BCUT2D eigenvalue weighted by molar-refractivity contribution is 0.335. The highest BCUT2D eigenvalue weighted by Gasteiger charge is 2.32. The Morgan fingerprint density at radius 2 is 1.95 bits per heavy atom. The van der Waals surface area contributed by atoms with Crippen molar-refractivity contribution in [2.45, 2.75) is 50.5 Å². The largest absolute Gasteiger partial charge is 0.315 e. The molecule has 21 heavy (non-hydrogen) atoms. The number of benzene rings is 1. The topological polar surface area (TPSA) is 49.4 Å². The molecule has 0 aromatic heterocycles. The first kappa shape index (κ1) is 16.5. The van der Waals surface area contributed by atoms with Gasteiger partial charge in [0.25, 0.3) is 0 Å². The van der Waals surface area contributed by atoms with Crippen LogP contribution >= 0.6 is 0 Å². The molecule has 118 valence electrons. The Morgan fingerprint density at radius 1 is 1.29 bits per heavy atom. The fraction of sp³-hybridized carbons (Fsp3) is 0.625. The molecule has 4 nitrogen and oxygen atoms in total. The van der Waals surface area contributed by atoms with Crippen LogP contribution in [0.4, 0.5) is 0 Å². The first-order valence-electron chi connectivity index (χ1n) is 7.79. The Bertz CT molecular complexity index is 546. The molecule has 0 saturated carbocycles. The SMILES string of the molecule is CCCN(C1CCNC1)S(=O)(=O)c1ccc(C(C)C)cc1. The van der Waals surface area contributed by atoms with E-state index in [4.69, 9.17) is 0 Å². The summed E-state index contributed by atoms with van der Waals surface area (Å²) in [4.78, 5) is 0.409. The smallest absolute Gasteiger partial charge is 0.243 e. The third-order valence-corrected chi connectivity index (χ3v) is 6.00. The van der Waals surface area contributed by atoms with Crippen molar-refractivity contribution in [2.75, 3.05) is 19.6 Å². The van der Waals surface area contributed by atoms with Gasteiger partial charge in [-0.3, -0.25) is 0 Å². The number of hydrogen-bond donors (Lipinski definition) is 1. The fourth-order valence-corrected chi connectivity index (χ4v) is 4.51. The Hall–Kier alpha value is -0.910. The molecule has 5 heteroatoms. The van der Waals surface area contributed by atoms with Gasteiger partial charge in [0.15, 0.2) is 0 Å². The Kier molecular flexibility index (Phi) is 5.41. The van der Waals surface area contributed by atoms with Gasteiger partial charge in [0, 0.05) is 19.1 Å². The minimum absolute atomic E-state index is 0.0831. The second-order valence-electron chi connectivity index (χ2n) is 5.99. The van der Waals surface area contributed by atoms with E-state index in [1.807, 2.05) is 19.1 Å².